The van der Waals surface area contributed by atoms with Crippen LogP contribution in [0.4, 0.5) is 4.79 Å². The lowest BCUT2D eigenvalue weighted by Crippen LogP contribution is -2.88. The maximum atomic E-state index is 11.8. The number of phenolic OH excluding ortho intramolecular Hbond substituents is 1. The summed E-state index contributed by atoms with van der Waals surface area (Å²) in [6.07, 6.45) is -0.603. The number of aliphatic hydroxyl groups excluding tert-OH is 1. The van der Waals surface area contributed by atoms with Crippen molar-refractivity contribution in [2.75, 3.05) is 52.5 Å². The molecule has 0 bridgehead atoms. The Morgan fingerprint density at radius 2 is 2.04 bits per heavy atom. The fraction of sp³-hybridized carbons (Fsp3) is 0.562. The number of hydrogen-bond donors (Lipinski definition) is 4. The van der Waals surface area contributed by atoms with E-state index in [9.17, 15) is 15.0 Å². The molecule has 1 unspecified atom stereocenters. The summed E-state index contributed by atoms with van der Waals surface area (Å²) in [6, 6.07) is 6.29. The van der Waals surface area contributed by atoms with Crippen LogP contribution in [0.5, 0.6) is 11.5 Å². The quantitative estimate of drug-likeness (QED) is 0.442. The fourth-order valence-corrected chi connectivity index (χ4v) is 2.27. The maximum absolute atomic E-state index is 11.8. The predicted molar refractivity (Wildman–Crippen MR) is 87.1 cm³/mol. The third-order valence-corrected chi connectivity index (χ3v) is 3.64. The van der Waals surface area contributed by atoms with Gasteiger partial charge < -0.3 is 35.2 Å². The van der Waals surface area contributed by atoms with E-state index < -0.39 is 6.10 Å². The number of carbonyl (C=O) groups excluding carboxylic acids is 1. The van der Waals surface area contributed by atoms with Gasteiger partial charge in [0.2, 0.25) is 0 Å². The predicted octanol–water partition coefficient (Wildman–Crippen LogP) is -1.26. The number of ether oxygens (including phenoxy) is 2. The van der Waals surface area contributed by atoms with E-state index in [1.807, 2.05) is 5.32 Å². The lowest BCUT2D eigenvalue weighted by atomic mass is 10.3. The van der Waals surface area contributed by atoms with Crippen molar-refractivity contribution in [1.29, 1.82) is 0 Å². The first-order valence-corrected chi connectivity index (χ1v) is 8.17. The van der Waals surface area contributed by atoms with Crippen LogP contribution >= 0.6 is 0 Å². The molecule has 1 aromatic carbocycles. The minimum absolute atomic E-state index is 0.0667. The molecule has 1 aromatic rings. The number of morpholine rings is 1. The Bertz CT molecular complexity index is 491. The van der Waals surface area contributed by atoms with Crippen molar-refractivity contribution >= 4 is 6.03 Å². The number of carbonyl (C=O) groups is 1. The number of aliphatic hydroxyl groups is 1. The van der Waals surface area contributed by atoms with E-state index in [-0.39, 0.29) is 18.4 Å². The first-order valence-electron chi connectivity index (χ1n) is 8.17. The topological polar surface area (TPSA) is 108 Å². The summed E-state index contributed by atoms with van der Waals surface area (Å²) in [4.78, 5) is 13.6. The zero-order valence-corrected chi connectivity index (χ0v) is 13.7. The van der Waals surface area contributed by atoms with Crippen LogP contribution in [-0.4, -0.2) is 79.8 Å². The molecule has 8 heteroatoms. The van der Waals surface area contributed by atoms with Gasteiger partial charge in [0.05, 0.1) is 26.3 Å². The summed E-state index contributed by atoms with van der Waals surface area (Å²) in [5.41, 5.74) is 0. The first-order chi connectivity index (χ1) is 11.6. The Morgan fingerprint density at radius 3 is 2.75 bits per heavy atom. The molecule has 0 radical (unpaired) electrons. The largest absolute Gasteiger partial charge is 0.508 e. The number of hydrogen-bond acceptors (Lipinski definition) is 5. The van der Waals surface area contributed by atoms with Gasteiger partial charge in [0.1, 0.15) is 30.8 Å². The highest BCUT2D eigenvalue weighted by molar-refractivity contribution is 5.74. The Balaban J connectivity index is 1.50. The van der Waals surface area contributed by atoms with Gasteiger partial charge in [-0.1, -0.05) is 0 Å². The molecule has 1 aliphatic rings. The average molecular weight is 340 g/mol. The van der Waals surface area contributed by atoms with Crippen molar-refractivity contribution in [2.45, 2.75) is 6.10 Å². The van der Waals surface area contributed by atoms with Crippen LogP contribution in [-0.2, 0) is 4.74 Å². The van der Waals surface area contributed by atoms with Crippen LogP contribution < -0.4 is 15.4 Å². The zero-order chi connectivity index (χ0) is 17.2. The fourth-order valence-electron chi connectivity index (χ4n) is 2.27. The van der Waals surface area contributed by atoms with Crippen molar-refractivity contribution in [1.82, 2.24) is 10.2 Å². The van der Waals surface area contributed by atoms with E-state index in [0.29, 0.717) is 51.7 Å². The van der Waals surface area contributed by atoms with Gasteiger partial charge in [-0.3, -0.25) is 0 Å². The Labute approximate surface area is 141 Å². The third-order valence-electron chi connectivity index (χ3n) is 3.64. The van der Waals surface area contributed by atoms with Gasteiger partial charge in [0, 0.05) is 13.1 Å². The molecule has 2 rings (SSSR count). The van der Waals surface area contributed by atoms with Crippen LogP contribution in [0.15, 0.2) is 24.3 Å². The number of phenols is 1. The number of benzene rings is 1. The van der Waals surface area contributed by atoms with Crippen molar-refractivity contribution in [3.05, 3.63) is 24.3 Å². The monoisotopic (exact) mass is 340 g/mol. The van der Waals surface area contributed by atoms with E-state index in [1.165, 1.54) is 12.1 Å². The lowest BCUT2D eigenvalue weighted by Gasteiger charge is -2.26. The van der Waals surface area contributed by atoms with E-state index in [4.69, 9.17) is 9.47 Å². The van der Waals surface area contributed by atoms with Crippen LogP contribution in [0.3, 0.4) is 0 Å². The number of nitrogens with two attached hydrogens (primary N) is 1. The number of quaternary nitrogens is 1. The molecular weight excluding hydrogens is 314 g/mol. The van der Waals surface area contributed by atoms with Crippen LogP contribution in [0.2, 0.25) is 0 Å². The molecule has 1 heterocycles. The summed E-state index contributed by atoms with van der Waals surface area (Å²) in [5, 5.41) is 23.8. The SMILES string of the molecule is O=C(NCC[NH2+]CC(O)COc1ccc(O)cc1)N1CCOCC1. The summed E-state index contributed by atoms with van der Waals surface area (Å²) >= 11 is 0. The van der Waals surface area contributed by atoms with E-state index in [2.05, 4.69) is 5.32 Å². The van der Waals surface area contributed by atoms with Crippen molar-refractivity contribution in [3.8, 4) is 11.5 Å². The van der Waals surface area contributed by atoms with Gasteiger partial charge in [-0.15, -0.1) is 0 Å². The van der Waals surface area contributed by atoms with Crippen molar-refractivity contribution in [2.24, 2.45) is 0 Å². The highest BCUT2D eigenvalue weighted by Crippen LogP contribution is 2.15. The number of aromatic hydroxyl groups is 1. The zero-order valence-electron chi connectivity index (χ0n) is 13.7. The van der Waals surface area contributed by atoms with Crippen molar-refractivity contribution in [3.63, 3.8) is 0 Å². The molecule has 5 N–H and O–H groups in total. The van der Waals surface area contributed by atoms with E-state index >= 15 is 0 Å². The standard InChI is InChI=1S/C16H25N3O5/c20-13-1-3-15(4-2-13)24-12-14(21)11-17-5-6-18-16(22)19-7-9-23-10-8-19/h1-4,14,17,20-21H,5-12H2,(H,18,22)/p+1. The number of amides is 2. The molecule has 24 heavy (non-hydrogen) atoms. The third kappa shape index (κ3) is 6.61. The molecule has 2 amide bonds. The minimum Gasteiger partial charge on any atom is -0.508 e. The van der Waals surface area contributed by atoms with E-state index in [1.54, 1.807) is 17.0 Å². The Hall–Kier alpha value is -2.03. The summed E-state index contributed by atoms with van der Waals surface area (Å²) in [6.45, 7) is 4.34. The summed E-state index contributed by atoms with van der Waals surface area (Å²) in [5.74, 6) is 0.778. The van der Waals surface area contributed by atoms with E-state index in [0.717, 1.165) is 0 Å². The van der Waals surface area contributed by atoms with Crippen LogP contribution in [0.25, 0.3) is 0 Å². The smallest absolute Gasteiger partial charge is 0.317 e. The molecule has 0 aromatic heterocycles. The number of urea groups is 1. The number of nitrogens with one attached hydrogen (secondary N) is 1. The molecule has 8 nitrogen and oxygen atoms in total. The van der Waals surface area contributed by atoms with Gasteiger partial charge in [-0.05, 0) is 24.3 Å². The van der Waals surface area contributed by atoms with Crippen LogP contribution in [0.1, 0.15) is 0 Å². The maximum Gasteiger partial charge on any atom is 0.317 e. The Kier molecular flexibility index (Phi) is 7.60. The second-order valence-corrected chi connectivity index (χ2v) is 5.60. The van der Waals surface area contributed by atoms with Gasteiger partial charge >= 0.3 is 6.03 Å². The molecule has 1 fully saturated rings. The summed E-state index contributed by atoms with van der Waals surface area (Å²) < 4.78 is 10.6. The van der Waals surface area contributed by atoms with Gasteiger partial charge in [0.15, 0.2) is 0 Å². The Morgan fingerprint density at radius 1 is 1.33 bits per heavy atom. The first kappa shape index (κ1) is 18.3. The normalized spacial score (nSPS) is 15.8. The molecule has 134 valence electrons. The highest BCUT2D eigenvalue weighted by atomic mass is 16.5. The molecule has 1 saturated heterocycles. The molecular formula is C16H26N3O5+. The number of rotatable bonds is 8. The van der Waals surface area contributed by atoms with Gasteiger partial charge in [-0.2, -0.15) is 0 Å². The molecule has 0 saturated carbocycles. The van der Waals surface area contributed by atoms with Crippen molar-refractivity contribution < 1.29 is 29.8 Å². The second kappa shape index (κ2) is 9.96. The molecule has 1 aliphatic heterocycles. The van der Waals surface area contributed by atoms with Crippen LogP contribution in [0, 0.1) is 0 Å². The molecule has 1 atom stereocenters. The minimum atomic E-state index is -0.603. The molecule has 0 spiro atoms. The van der Waals surface area contributed by atoms with Gasteiger partial charge in [-0.25, -0.2) is 4.79 Å². The average Bonchev–Trinajstić information content (AvgIpc) is 2.61. The van der Waals surface area contributed by atoms with Gasteiger partial charge in [0.25, 0.3) is 0 Å². The lowest BCUT2D eigenvalue weighted by molar-refractivity contribution is -0.659. The highest BCUT2D eigenvalue weighted by Gasteiger charge is 2.16. The molecule has 0 aliphatic carbocycles. The second-order valence-electron chi connectivity index (χ2n) is 5.60. The summed E-state index contributed by atoms with van der Waals surface area (Å²) in [7, 11) is 0. The number of nitrogens with zero attached hydrogens (tertiary/aromatic N) is 1.